The van der Waals surface area contributed by atoms with Gasteiger partial charge in [-0.1, -0.05) is 0 Å². The van der Waals surface area contributed by atoms with Crippen molar-refractivity contribution in [2.45, 2.75) is 18.4 Å². The first-order valence-corrected chi connectivity index (χ1v) is 6.25. The van der Waals surface area contributed by atoms with Crippen molar-refractivity contribution in [3.05, 3.63) is 0 Å². The highest BCUT2D eigenvalue weighted by Gasteiger charge is 2.73. The highest BCUT2D eigenvalue weighted by Crippen LogP contribution is 2.61. The lowest BCUT2D eigenvalue weighted by molar-refractivity contribution is -0.144. The van der Waals surface area contributed by atoms with Gasteiger partial charge in [0.25, 0.3) is 0 Å². The van der Waals surface area contributed by atoms with E-state index in [0.717, 1.165) is 0 Å². The Morgan fingerprint density at radius 3 is 2.57 bits per heavy atom. The number of carbonyl (C=O) groups is 1. The van der Waals surface area contributed by atoms with Crippen LogP contribution in [0, 0.1) is 5.41 Å². The van der Waals surface area contributed by atoms with E-state index in [1.807, 2.05) is 0 Å². The molecule has 2 rings (SSSR count). The number of nitrogens with two attached hydrogens (primary N) is 1. The van der Waals surface area contributed by atoms with Crippen LogP contribution < -0.4 is 5.73 Å². The molecule has 0 aromatic rings. The molecule has 14 heavy (non-hydrogen) atoms. The fraction of sp³-hybridized carbons (Fsp3) is 0.875. The Balaban J connectivity index is 2.22. The molecule has 1 aliphatic heterocycles. The smallest absolute Gasteiger partial charge is 0.326 e. The van der Waals surface area contributed by atoms with Crippen LogP contribution in [0.3, 0.4) is 0 Å². The average molecular weight is 219 g/mol. The lowest BCUT2D eigenvalue weighted by Crippen LogP contribution is -2.41. The number of carbonyl (C=O) groups excluding carboxylic acids is 1. The normalized spacial score (nSPS) is 43.9. The van der Waals surface area contributed by atoms with E-state index in [-0.39, 0.29) is 11.5 Å². The Hall–Kier alpha value is -0.620. The molecule has 2 atom stereocenters. The molecule has 0 aromatic carbocycles. The molecule has 1 aliphatic carbocycles. The van der Waals surface area contributed by atoms with Crippen molar-refractivity contribution in [2.75, 3.05) is 18.6 Å². The van der Waals surface area contributed by atoms with Crippen LogP contribution in [-0.2, 0) is 19.4 Å². The third-order valence-corrected chi connectivity index (χ3v) is 5.19. The molecule has 80 valence electrons. The molecule has 0 bridgehead atoms. The second-order valence-corrected chi connectivity index (χ2v) is 6.45. The van der Waals surface area contributed by atoms with E-state index in [4.69, 9.17) is 5.73 Å². The predicted molar refractivity (Wildman–Crippen MR) is 49.3 cm³/mol. The largest absolute Gasteiger partial charge is 0.468 e. The molecule has 1 heterocycles. The summed E-state index contributed by atoms with van der Waals surface area (Å²) >= 11 is 0. The van der Waals surface area contributed by atoms with E-state index in [2.05, 4.69) is 4.74 Å². The van der Waals surface area contributed by atoms with Crippen molar-refractivity contribution in [1.82, 2.24) is 0 Å². The molecule has 0 amide bonds. The van der Waals surface area contributed by atoms with Crippen molar-refractivity contribution in [3.8, 4) is 0 Å². The van der Waals surface area contributed by atoms with Gasteiger partial charge in [0.1, 0.15) is 5.54 Å². The number of hydrogen-bond donors (Lipinski definition) is 1. The minimum absolute atomic E-state index is 0.0333. The van der Waals surface area contributed by atoms with Crippen molar-refractivity contribution in [2.24, 2.45) is 11.1 Å². The summed E-state index contributed by atoms with van der Waals surface area (Å²) in [4.78, 5) is 11.3. The minimum Gasteiger partial charge on any atom is -0.468 e. The summed E-state index contributed by atoms with van der Waals surface area (Å²) < 4.78 is 27.1. The summed E-state index contributed by atoms with van der Waals surface area (Å²) in [5, 5.41) is 0. The number of rotatable bonds is 1. The standard InChI is InChI=1S/C8H13NO4S/c1-13-6(10)8(9)4-7(8)2-3-14(11,12)5-7/h2-5,9H2,1H3. The summed E-state index contributed by atoms with van der Waals surface area (Å²) in [5.74, 6) is -0.316. The van der Waals surface area contributed by atoms with Crippen LogP contribution in [0.25, 0.3) is 0 Å². The van der Waals surface area contributed by atoms with E-state index < -0.39 is 26.8 Å². The summed E-state index contributed by atoms with van der Waals surface area (Å²) in [6.07, 6.45) is 0.923. The zero-order chi connectivity index (χ0) is 10.6. The molecular weight excluding hydrogens is 206 g/mol. The fourth-order valence-electron chi connectivity index (χ4n) is 2.37. The van der Waals surface area contributed by atoms with Crippen LogP contribution in [0.1, 0.15) is 12.8 Å². The molecule has 1 saturated heterocycles. The highest BCUT2D eigenvalue weighted by molar-refractivity contribution is 7.91. The third-order valence-electron chi connectivity index (χ3n) is 3.38. The van der Waals surface area contributed by atoms with Crippen LogP contribution in [-0.4, -0.2) is 38.5 Å². The minimum atomic E-state index is -2.99. The number of methoxy groups -OCH3 is 1. The molecule has 0 radical (unpaired) electrons. The summed E-state index contributed by atoms with van der Waals surface area (Å²) in [6, 6.07) is 0. The third kappa shape index (κ3) is 1.10. The molecular formula is C8H13NO4S. The number of esters is 1. The van der Waals surface area contributed by atoms with Crippen molar-refractivity contribution < 1.29 is 17.9 Å². The Labute approximate surface area is 82.5 Å². The lowest BCUT2D eigenvalue weighted by Gasteiger charge is -2.13. The van der Waals surface area contributed by atoms with Crippen LogP contribution in [0.5, 0.6) is 0 Å². The maximum Gasteiger partial charge on any atom is 0.326 e. The molecule has 2 unspecified atom stereocenters. The zero-order valence-electron chi connectivity index (χ0n) is 7.95. The number of hydrogen-bond acceptors (Lipinski definition) is 5. The fourth-order valence-corrected chi connectivity index (χ4v) is 4.56. The Morgan fingerprint density at radius 1 is 1.50 bits per heavy atom. The van der Waals surface area contributed by atoms with E-state index in [1.165, 1.54) is 7.11 Å². The van der Waals surface area contributed by atoms with Gasteiger partial charge in [0.2, 0.25) is 0 Å². The van der Waals surface area contributed by atoms with Crippen LogP contribution >= 0.6 is 0 Å². The maximum absolute atomic E-state index is 11.3. The predicted octanol–water partition coefficient (Wildman–Crippen LogP) is -0.934. The first-order chi connectivity index (χ1) is 6.35. The number of ether oxygens (including phenoxy) is 1. The molecule has 1 spiro atoms. The van der Waals surface area contributed by atoms with Gasteiger partial charge in [0.05, 0.1) is 18.6 Å². The molecule has 6 heteroatoms. The Morgan fingerprint density at radius 2 is 2.14 bits per heavy atom. The molecule has 2 N–H and O–H groups in total. The Kier molecular flexibility index (Phi) is 1.76. The maximum atomic E-state index is 11.3. The van der Waals surface area contributed by atoms with Crippen molar-refractivity contribution in [1.29, 1.82) is 0 Å². The summed E-state index contributed by atoms with van der Waals surface area (Å²) in [5.41, 5.74) is 4.24. The molecule has 2 fully saturated rings. The second-order valence-electron chi connectivity index (χ2n) is 4.26. The van der Waals surface area contributed by atoms with Crippen LogP contribution in [0.15, 0.2) is 0 Å². The van der Waals surface area contributed by atoms with Crippen molar-refractivity contribution >= 4 is 15.8 Å². The summed E-state index contributed by atoms with van der Waals surface area (Å²) in [6.45, 7) is 0. The van der Waals surface area contributed by atoms with Gasteiger partial charge in [0, 0.05) is 5.41 Å². The van der Waals surface area contributed by atoms with E-state index in [9.17, 15) is 13.2 Å². The monoisotopic (exact) mass is 219 g/mol. The van der Waals surface area contributed by atoms with Gasteiger partial charge in [0.15, 0.2) is 9.84 Å². The lowest BCUT2D eigenvalue weighted by atomic mass is 10.00. The topological polar surface area (TPSA) is 86.5 Å². The van der Waals surface area contributed by atoms with Gasteiger partial charge >= 0.3 is 5.97 Å². The highest BCUT2D eigenvalue weighted by atomic mass is 32.2. The molecule has 2 aliphatic rings. The zero-order valence-corrected chi connectivity index (χ0v) is 8.76. The van der Waals surface area contributed by atoms with Gasteiger partial charge < -0.3 is 10.5 Å². The average Bonchev–Trinajstić information content (AvgIpc) is 2.53. The second kappa shape index (κ2) is 2.49. The first kappa shape index (κ1) is 9.92. The molecule has 5 nitrogen and oxygen atoms in total. The van der Waals surface area contributed by atoms with E-state index >= 15 is 0 Å². The summed E-state index contributed by atoms with van der Waals surface area (Å²) in [7, 11) is -1.72. The first-order valence-electron chi connectivity index (χ1n) is 4.43. The Bertz CT molecular complexity index is 390. The van der Waals surface area contributed by atoms with Gasteiger partial charge in [-0.25, -0.2) is 8.42 Å². The van der Waals surface area contributed by atoms with Crippen LogP contribution in [0.2, 0.25) is 0 Å². The van der Waals surface area contributed by atoms with Crippen molar-refractivity contribution in [3.63, 3.8) is 0 Å². The number of sulfone groups is 1. The van der Waals surface area contributed by atoms with Crippen LogP contribution in [0.4, 0.5) is 0 Å². The molecule has 0 aromatic heterocycles. The quantitative estimate of drug-likeness (QED) is 0.575. The van der Waals surface area contributed by atoms with E-state index in [1.54, 1.807) is 0 Å². The molecule has 1 saturated carbocycles. The van der Waals surface area contributed by atoms with Gasteiger partial charge in [-0.3, -0.25) is 4.79 Å². The van der Waals surface area contributed by atoms with Gasteiger partial charge in [-0.15, -0.1) is 0 Å². The van der Waals surface area contributed by atoms with E-state index in [0.29, 0.717) is 12.8 Å². The van der Waals surface area contributed by atoms with Gasteiger partial charge in [-0.2, -0.15) is 0 Å². The SMILES string of the molecule is COC(=O)C1(N)CC12CCS(=O)(=O)C2. The van der Waals surface area contributed by atoms with Gasteiger partial charge in [-0.05, 0) is 12.8 Å².